The van der Waals surface area contributed by atoms with Gasteiger partial charge in [-0.15, -0.1) is 4.73 Å². The van der Waals surface area contributed by atoms with Crippen molar-refractivity contribution in [2.75, 3.05) is 14.2 Å². The summed E-state index contributed by atoms with van der Waals surface area (Å²) >= 11 is 0. The number of nitrogens with zero attached hydrogens (tertiary/aromatic N) is 1. The van der Waals surface area contributed by atoms with Gasteiger partial charge in [-0.2, -0.15) is 0 Å². The first-order valence-corrected chi connectivity index (χ1v) is 5.51. The Kier molecular flexibility index (Phi) is 3.06. The van der Waals surface area contributed by atoms with Crippen molar-refractivity contribution in [2.45, 2.75) is 6.92 Å². The zero-order chi connectivity index (χ0) is 13.3. The summed E-state index contributed by atoms with van der Waals surface area (Å²) in [5, 5.41) is 3.73. The summed E-state index contributed by atoms with van der Waals surface area (Å²) in [7, 11) is 2.86. The van der Waals surface area contributed by atoms with Crippen molar-refractivity contribution in [3.63, 3.8) is 0 Å². The Morgan fingerprint density at radius 2 is 2.06 bits per heavy atom. The van der Waals surface area contributed by atoms with E-state index in [0.717, 1.165) is 15.7 Å². The molecule has 2 aromatic rings. The predicted molar refractivity (Wildman–Crippen MR) is 68.8 cm³/mol. The third-order valence-electron chi connectivity index (χ3n) is 2.78. The fourth-order valence-electron chi connectivity index (χ4n) is 1.87. The molecule has 2 rings (SSSR count). The van der Waals surface area contributed by atoms with Crippen molar-refractivity contribution in [1.29, 1.82) is 0 Å². The van der Waals surface area contributed by atoms with Crippen LogP contribution in [0.4, 0.5) is 0 Å². The Morgan fingerprint density at radius 1 is 1.33 bits per heavy atom. The average molecular weight is 246 g/mol. The lowest BCUT2D eigenvalue weighted by Crippen LogP contribution is -2.33. The van der Waals surface area contributed by atoms with Crippen molar-refractivity contribution in [3.8, 4) is 0 Å². The van der Waals surface area contributed by atoms with Gasteiger partial charge in [-0.3, -0.25) is 9.59 Å². The molecule has 1 heterocycles. The highest BCUT2D eigenvalue weighted by molar-refractivity contribution is 5.96. The summed E-state index contributed by atoms with van der Waals surface area (Å²) in [4.78, 5) is 28.9. The maximum absolute atomic E-state index is 12.2. The highest BCUT2D eigenvalue weighted by atomic mass is 16.6. The van der Waals surface area contributed by atoms with Crippen molar-refractivity contribution in [2.24, 2.45) is 0 Å². The average Bonchev–Trinajstić information content (AvgIpc) is 2.38. The number of carbonyl (C=O) groups excluding carboxylic acids is 1. The summed E-state index contributed by atoms with van der Waals surface area (Å²) in [6, 6.07) is 7.13. The van der Waals surface area contributed by atoms with Crippen LogP contribution in [0.15, 0.2) is 29.1 Å². The number of nitrogens with one attached hydrogen (secondary N) is 1. The van der Waals surface area contributed by atoms with Gasteiger partial charge in [-0.25, -0.2) is 0 Å². The highest BCUT2D eigenvalue weighted by Gasteiger charge is 2.15. The molecule has 1 aromatic carbocycles. The first-order chi connectivity index (χ1) is 8.58. The fourth-order valence-corrected chi connectivity index (χ4v) is 1.87. The van der Waals surface area contributed by atoms with E-state index in [-0.39, 0.29) is 17.2 Å². The summed E-state index contributed by atoms with van der Waals surface area (Å²) in [6.45, 7) is 1.91. The molecule has 5 heteroatoms. The largest absolute Gasteiger partial charge is 0.413 e. The number of amides is 1. The number of benzene rings is 1. The van der Waals surface area contributed by atoms with Gasteiger partial charge in [-0.1, -0.05) is 17.7 Å². The third kappa shape index (κ3) is 1.84. The first-order valence-electron chi connectivity index (χ1n) is 5.51. The Balaban J connectivity index is 2.86. The summed E-state index contributed by atoms with van der Waals surface area (Å²) < 4.78 is 1.00. The molecule has 94 valence electrons. The minimum atomic E-state index is -0.364. The minimum absolute atomic E-state index is 0.182. The number of fused-ring (bicyclic) bond motifs is 1. The van der Waals surface area contributed by atoms with Crippen molar-refractivity contribution in [1.82, 2.24) is 10.0 Å². The maximum atomic E-state index is 12.2. The van der Waals surface area contributed by atoms with Gasteiger partial charge < -0.3 is 10.2 Å². The van der Waals surface area contributed by atoms with Crippen LogP contribution in [0.3, 0.4) is 0 Å². The van der Waals surface area contributed by atoms with Gasteiger partial charge in [0.05, 0.1) is 5.39 Å². The Labute approximate surface area is 104 Å². The van der Waals surface area contributed by atoms with E-state index in [0.29, 0.717) is 5.39 Å². The van der Waals surface area contributed by atoms with E-state index in [9.17, 15) is 9.59 Å². The lowest BCUT2D eigenvalue weighted by atomic mass is 10.1. The van der Waals surface area contributed by atoms with E-state index in [1.807, 2.05) is 19.1 Å². The molecule has 0 saturated heterocycles. The van der Waals surface area contributed by atoms with Crippen LogP contribution < -0.4 is 15.7 Å². The number of rotatable bonds is 2. The molecule has 0 radical (unpaired) electrons. The zero-order valence-electron chi connectivity index (χ0n) is 10.5. The van der Waals surface area contributed by atoms with Crippen LogP contribution in [0.2, 0.25) is 0 Å². The van der Waals surface area contributed by atoms with Crippen molar-refractivity contribution < 1.29 is 9.63 Å². The lowest BCUT2D eigenvalue weighted by molar-refractivity contribution is 0.0894. The molecule has 1 N–H and O–H groups in total. The molecular weight excluding hydrogens is 232 g/mol. The molecule has 0 unspecified atom stereocenters. The fraction of sp³-hybridized carbons (Fsp3) is 0.231. The van der Waals surface area contributed by atoms with Gasteiger partial charge in [0.1, 0.15) is 12.8 Å². The number of aryl methyl sites for hydroxylation is 1. The zero-order valence-corrected chi connectivity index (χ0v) is 10.5. The molecule has 0 spiro atoms. The third-order valence-corrected chi connectivity index (χ3v) is 2.78. The number of carbonyl (C=O) groups is 1. The smallest absolute Gasteiger partial charge is 0.291 e. The molecule has 0 bridgehead atoms. The Hall–Kier alpha value is -2.30. The Bertz CT molecular complexity index is 674. The summed E-state index contributed by atoms with van der Waals surface area (Å²) in [5.41, 5.74) is 0.827. The van der Waals surface area contributed by atoms with Gasteiger partial charge in [0, 0.05) is 7.05 Å². The number of aromatic nitrogens is 1. The van der Waals surface area contributed by atoms with Crippen LogP contribution in [0.5, 0.6) is 0 Å². The van der Waals surface area contributed by atoms with Gasteiger partial charge in [0.25, 0.3) is 11.5 Å². The van der Waals surface area contributed by atoms with Gasteiger partial charge in [-0.05, 0) is 24.4 Å². The van der Waals surface area contributed by atoms with Crippen LogP contribution in [-0.2, 0) is 0 Å². The predicted octanol–water partition coefficient (Wildman–Crippen LogP) is 0.728. The normalized spacial score (nSPS) is 10.4. The van der Waals surface area contributed by atoms with Crippen LogP contribution in [-0.4, -0.2) is 24.8 Å². The second-order valence-electron chi connectivity index (χ2n) is 3.98. The Morgan fingerprint density at radius 3 is 2.67 bits per heavy atom. The van der Waals surface area contributed by atoms with E-state index < -0.39 is 0 Å². The molecule has 0 aliphatic heterocycles. The quantitative estimate of drug-likeness (QED) is 0.849. The SMILES string of the molecule is CNC(=O)c1cc2ccc(C)cc2c(=O)n1OC. The van der Waals surface area contributed by atoms with Gasteiger partial charge in [0.15, 0.2) is 0 Å². The maximum Gasteiger partial charge on any atom is 0.291 e. The summed E-state index contributed by atoms with van der Waals surface area (Å²) in [5.74, 6) is -0.364. The highest BCUT2D eigenvalue weighted by Crippen LogP contribution is 2.13. The molecule has 0 saturated carbocycles. The second-order valence-corrected chi connectivity index (χ2v) is 3.98. The van der Waals surface area contributed by atoms with Crippen LogP contribution >= 0.6 is 0 Å². The van der Waals surface area contributed by atoms with E-state index in [1.54, 1.807) is 12.1 Å². The van der Waals surface area contributed by atoms with Crippen LogP contribution in [0, 0.1) is 6.92 Å². The molecule has 5 nitrogen and oxygen atoms in total. The van der Waals surface area contributed by atoms with Crippen LogP contribution in [0.1, 0.15) is 16.1 Å². The van der Waals surface area contributed by atoms with Gasteiger partial charge >= 0.3 is 0 Å². The van der Waals surface area contributed by atoms with E-state index >= 15 is 0 Å². The molecule has 0 aliphatic rings. The van der Waals surface area contributed by atoms with Crippen molar-refractivity contribution >= 4 is 16.7 Å². The molecular formula is C13H14N2O3. The number of hydrogen-bond acceptors (Lipinski definition) is 3. The van der Waals surface area contributed by atoms with E-state index in [2.05, 4.69) is 5.32 Å². The molecule has 0 atom stereocenters. The summed E-state index contributed by atoms with van der Waals surface area (Å²) in [6.07, 6.45) is 0. The monoisotopic (exact) mass is 246 g/mol. The first kappa shape index (κ1) is 12.2. The minimum Gasteiger partial charge on any atom is -0.413 e. The molecule has 0 fully saturated rings. The molecule has 18 heavy (non-hydrogen) atoms. The lowest BCUT2D eigenvalue weighted by Gasteiger charge is -2.11. The standard InChI is InChI=1S/C13H14N2O3/c1-8-4-5-9-7-11(12(16)14-2)15(18-3)13(17)10(9)6-8/h4-7H,1-3H3,(H,14,16). The van der Waals surface area contributed by atoms with E-state index in [4.69, 9.17) is 4.84 Å². The topological polar surface area (TPSA) is 60.3 Å². The molecule has 0 aliphatic carbocycles. The van der Waals surface area contributed by atoms with Gasteiger partial charge in [0.2, 0.25) is 0 Å². The second kappa shape index (κ2) is 4.52. The van der Waals surface area contributed by atoms with Crippen molar-refractivity contribution in [3.05, 3.63) is 45.9 Å². The number of pyridine rings is 1. The number of hydrogen-bond donors (Lipinski definition) is 1. The molecule has 1 aromatic heterocycles. The molecule has 1 amide bonds. The van der Waals surface area contributed by atoms with E-state index in [1.165, 1.54) is 14.2 Å². The van der Waals surface area contributed by atoms with Crippen LogP contribution in [0.25, 0.3) is 10.8 Å².